The van der Waals surface area contributed by atoms with E-state index in [-0.39, 0.29) is 12.3 Å². The van der Waals surface area contributed by atoms with Crippen LogP contribution in [0.15, 0.2) is 12.2 Å². The van der Waals surface area contributed by atoms with Gasteiger partial charge in [-0.1, -0.05) is 12.2 Å². The number of carboxylic acid groups (broad SMARTS) is 1. The quantitative estimate of drug-likeness (QED) is 0.768. The minimum Gasteiger partial charge on any atom is -0.481 e. The minimum absolute atomic E-state index is 0.148. The molecule has 4 fully saturated rings. The van der Waals surface area contributed by atoms with Crippen LogP contribution in [0.1, 0.15) is 45.4 Å². The molecule has 4 saturated carbocycles. The number of carboxylic acids is 1. The molecule has 4 aliphatic carbocycles. The van der Waals surface area contributed by atoms with Gasteiger partial charge < -0.3 is 10.2 Å². The Hall–Kier alpha value is -0.830. The van der Waals surface area contributed by atoms with Crippen molar-refractivity contribution in [3.63, 3.8) is 0 Å². The molecule has 0 spiro atoms. The predicted molar refractivity (Wildman–Crippen MR) is 72.6 cm³/mol. The summed E-state index contributed by atoms with van der Waals surface area (Å²) in [5.74, 6) is 2.03. The molecule has 4 aliphatic rings. The van der Waals surface area contributed by atoms with Gasteiger partial charge >= 0.3 is 5.97 Å². The van der Waals surface area contributed by atoms with Crippen molar-refractivity contribution in [1.82, 2.24) is 0 Å². The van der Waals surface area contributed by atoms with Crippen LogP contribution in [-0.4, -0.2) is 21.8 Å². The molecule has 0 saturated heterocycles. The summed E-state index contributed by atoms with van der Waals surface area (Å²) in [4.78, 5) is 11.1. The molecule has 2 N–H and O–H groups in total. The highest BCUT2D eigenvalue weighted by molar-refractivity contribution is 5.68. The molecular formula is C16H24O3. The molecule has 1 atom stereocenters. The number of hydrogen-bond acceptors (Lipinski definition) is 2. The number of hydrogen-bond donors (Lipinski definition) is 2. The van der Waals surface area contributed by atoms with Crippen molar-refractivity contribution < 1.29 is 15.0 Å². The number of carbonyl (C=O) groups is 1. The van der Waals surface area contributed by atoms with E-state index in [1.54, 1.807) is 6.08 Å². The lowest BCUT2D eigenvalue weighted by atomic mass is 9.48. The Labute approximate surface area is 114 Å². The van der Waals surface area contributed by atoms with E-state index in [1.807, 2.05) is 13.0 Å². The maximum Gasteiger partial charge on any atom is 0.306 e. The smallest absolute Gasteiger partial charge is 0.306 e. The van der Waals surface area contributed by atoms with Crippen LogP contribution < -0.4 is 0 Å². The second-order valence-electron chi connectivity index (χ2n) is 7.02. The lowest BCUT2D eigenvalue weighted by molar-refractivity contribution is -0.153. The van der Waals surface area contributed by atoms with Gasteiger partial charge in [-0.3, -0.25) is 4.79 Å². The zero-order chi connectivity index (χ0) is 13.6. The summed E-state index contributed by atoms with van der Waals surface area (Å²) in [7, 11) is 0. The van der Waals surface area contributed by atoms with Crippen LogP contribution in [0.5, 0.6) is 0 Å². The van der Waals surface area contributed by atoms with Crippen molar-refractivity contribution in [3.05, 3.63) is 12.2 Å². The molecule has 3 heteroatoms. The molecule has 0 aliphatic heterocycles. The number of rotatable bonds is 4. The van der Waals surface area contributed by atoms with Gasteiger partial charge in [-0.15, -0.1) is 0 Å². The van der Waals surface area contributed by atoms with Gasteiger partial charge in [0.25, 0.3) is 0 Å². The van der Waals surface area contributed by atoms with E-state index < -0.39 is 11.6 Å². The van der Waals surface area contributed by atoms with Gasteiger partial charge in [0, 0.05) is 0 Å². The summed E-state index contributed by atoms with van der Waals surface area (Å²) in [5.41, 5.74) is -1.14. The fourth-order valence-corrected chi connectivity index (χ4v) is 5.56. The van der Waals surface area contributed by atoms with Gasteiger partial charge in [0.15, 0.2) is 0 Å². The van der Waals surface area contributed by atoms with Crippen LogP contribution in [0, 0.1) is 29.6 Å². The fourth-order valence-electron chi connectivity index (χ4n) is 5.56. The Balaban J connectivity index is 1.88. The van der Waals surface area contributed by atoms with Gasteiger partial charge in [-0.05, 0) is 68.6 Å². The molecule has 0 aromatic rings. The SMILES string of the molecule is C/C=C/C(O)(CC(=O)O)C1C2CC3CC(C2)CC1C3. The van der Waals surface area contributed by atoms with E-state index in [2.05, 4.69) is 0 Å². The summed E-state index contributed by atoms with van der Waals surface area (Å²) in [6.45, 7) is 1.86. The molecular weight excluding hydrogens is 240 g/mol. The van der Waals surface area contributed by atoms with E-state index >= 15 is 0 Å². The molecule has 0 amide bonds. The highest BCUT2D eigenvalue weighted by Gasteiger charge is 2.54. The second-order valence-corrected chi connectivity index (χ2v) is 7.02. The first-order chi connectivity index (χ1) is 9.01. The molecule has 4 bridgehead atoms. The molecule has 0 aromatic heterocycles. The molecule has 106 valence electrons. The third-order valence-electron chi connectivity index (χ3n) is 5.69. The fraction of sp³-hybridized carbons (Fsp3) is 0.812. The Morgan fingerprint density at radius 2 is 1.68 bits per heavy atom. The third kappa shape index (κ3) is 2.22. The van der Waals surface area contributed by atoms with E-state index in [4.69, 9.17) is 5.11 Å². The summed E-state index contributed by atoms with van der Waals surface area (Å²) in [5, 5.41) is 20.1. The lowest BCUT2D eigenvalue weighted by Crippen LogP contribution is -2.54. The van der Waals surface area contributed by atoms with Gasteiger partial charge in [0.05, 0.1) is 12.0 Å². The van der Waals surface area contributed by atoms with Gasteiger partial charge in [0.1, 0.15) is 0 Å². The Bertz CT molecular complexity index is 373. The van der Waals surface area contributed by atoms with Crippen molar-refractivity contribution >= 4 is 5.97 Å². The Kier molecular flexibility index (Phi) is 3.20. The van der Waals surface area contributed by atoms with E-state index in [1.165, 1.54) is 32.1 Å². The number of aliphatic hydroxyl groups is 1. The standard InChI is InChI=1S/C16H24O3/c1-2-3-16(19,9-14(17)18)15-12-5-10-4-11(7-12)8-13(15)6-10/h2-3,10-13,15,19H,4-9H2,1H3,(H,17,18)/b3-2+. The van der Waals surface area contributed by atoms with Crippen molar-refractivity contribution in [1.29, 1.82) is 0 Å². The van der Waals surface area contributed by atoms with Crippen molar-refractivity contribution in [3.8, 4) is 0 Å². The average Bonchev–Trinajstić information content (AvgIpc) is 2.25. The van der Waals surface area contributed by atoms with Crippen LogP contribution >= 0.6 is 0 Å². The first-order valence-corrected chi connectivity index (χ1v) is 7.60. The maximum atomic E-state index is 11.1. The summed E-state index contributed by atoms with van der Waals surface area (Å²) >= 11 is 0. The van der Waals surface area contributed by atoms with Crippen LogP contribution in [0.4, 0.5) is 0 Å². The van der Waals surface area contributed by atoms with Crippen LogP contribution in [0.2, 0.25) is 0 Å². The number of allylic oxidation sites excluding steroid dienone is 1. The van der Waals surface area contributed by atoms with E-state index in [9.17, 15) is 9.90 Å². The zero-order valence-electron chi connectivity index (χ0n) is 11.6. The van der Waals surface area contributed by atoms with E-state index in [0.717, 1.165) is 11.8 Å². The van der Waals surface area contributed by atoms with E-state index in [0.29, 0.717) is 11.8 Å². The van der Waals surface area contributed by atoms with Crippen LogP contribution in [0.25, 0.3) is 0 Å². The Morgan fingerprint density at radius 1 is 1.16 bits per heavy atom. The van der Waals surface area contributed by atoms with Gasteiger partial charge in [0.2, 0.25) is 0 Å². The minimum atomic E-state index is -1.14. The van der Waals surface area contributed by atoms with Crippen molar-refractivity contribution in [2.24, 2.45) is 29.6 Å². The second kappa shape index (κ2) is 4.62. The third-order valence-corrected chi connectivity index (χ3v) is 5.69. The molecule has 1 unspecified atom stereocenters. The summed E-state index contributed by atoms with van der Waals surface area (Å²) in [6, 6.07) is 0. The van der Waals surface area contributed by atoms with Crippen LogP contribution in [0.3, 0.4) is 0 Å². The highest BCUT2D eigenvalue weighted by Crippen LogP contribution is 2.59. The van der Waals surface area contributed by atoms with Gasteiger partial charge in [-0.25, -0.2) is 0 Å². The predicted octanol–water partition coefficient (Wildman–Crippen LogP) is 2.84. The molecule has 19 heavy (non-hydrogen) atoms. The first-order valence-electron chi connectivity index (χ1n) is 7.60. The highest BCUT2D eigenvalue weighted by atomic mass is 16.4. The largest absolute Gasteiger partial charge is 0.481 e. The zero-order valence-corrected chi connectivity index (χ0v) is 11.6. The first kappa shape index (κ1) is 13.2. The number of aliphatic carboxylic acids is 1. The molecule has 0 radical (unpaired) electrons. The molecule has 3 nitrogen and oxygen atoms in total. The maximum absolute atomic E-state index is 11.1. The molecule has 0 aromatic carbocycles. The topological polar surface area (TPSA) is 57.5 Å². The monoisotopic (exact) mass is 264 g/mol. The average molecular weight is 264 g/mol. The van der Waals surface area contributed by atoms with Crippen molar-refractivity contribution in [2.75, 3.05) is 0 Å². The van der Waals surface area contributed by atoms with Gasteiger partial charge in [-0.2, -0.15) is 0 Å². The van der Waals surface area contributed by atoms with Crippen LogP contribution in [-0.2, 0) is 4.79 Å². The molecule has 4 rings (SSSR count). The normalized spacial score (nSPS) is 43.6. The lowest BCUT2D eigenvalue weighted by Gasteiger charge is -2.58. The molecule has 0 heterocycles. The summed E-state index contributed by atoms with van der Waals surface area (Å²) < 4.78 is 0. The van der Waals surface area contributed by atoms with Crippen molar-refractivity contribution in [2.45, 2.75) is 51.0 Å². The summed E-state index contributed by atoms with van der Waals surface area (Å²) in [6.07, 6.45) is 9.61. The Morgan fingerprint density at radius 3 is 2.11 bits per heavy atom.